The molecule has 1 aromatic carbocycles. The minimum atomic E-state index is -0.499. The molecule has 4 rings (SSSR count). The molecule has 0 saturated carbocycles. The van der Waals surface area contributed by atoms with Crippen molar-refractivity contribution in [2.45, 2.75) is 19.9 Å². The van der Waals surface area contributed by atoms with E-state index < -0.39 is 5.82 Å². The lowest BCUT2D eigenvalue weighted by Crippen LogP contribution is -2.41. The summed E-state index contributed by atoms with van der Waals surface area (Å²) < 4.78 is 14.3. The maximum atomic E-state index is 14.3. The van der Waals surface area contributed by atoms with Crippen LogP contribution in [0.5, 0.6) is 0 Å². The third kappa shape index (κ3) is 4.33. The summed E-state index contributed by atoms with van der Waals surface area (Å²) in [4.78, 5) is 25.5. The van der Waals surface area contributed by atoms with Gasteiger partial charge in [0, 0.05) is 31.0 Å². The quantitative estimate of drug-likeness (QED) is 0.825. The molecule has 1 N–H and O–H groups in total. The van der Waals surface area contributed by atoms with Gasteiger partial charge < -0.3 is 10.2 Å². The van der Waals surface area contributed by atoms with Gasteiger partial charge in [0.2, 0.25) is 5.91 Å². The van der Waals surface area contributed by atoms with Crippen LogP contribution >= 0.6 is 11.8 Å². The van der Waals surface area contributed by atoms with E-state index in [1.54, 1.807) is 30.8 Å². The third-order valence-electron chi connectivity index (χ3n) is 5.07. The van der Waals surface area contributed by atoms with Gasteiger partial charge in [0.15, 0.2) is 0 Å². The number of nitrogens with zero attached hydrogens (tertiary/aromatic N) is 5. The molecule has 1 aromatic heterocycles. The van der Waals surface area contributed by atoms with Crippen LogP contribution in [-0.4, -0.2) is 56.9 Å². The molecular formula is C20H21FN6OS. The third-order valence-corrected chi connectivity index (χ3v) is 6.04. The average molecular weight is 412 g/mol. The largest absolute Gasteiger partial charge is 0.337 e. The first-order valence-corrected chi connectivity index (χ1v) is 10.6. The number of benzene rings is 1. The minimum absolute atomic E-state index is 0.155. The van der Waals surface area contributed by atoms with E-state index in [-0.39, 0.29) is 17.2 Å². The predicted molar refractivity (Wildman–Crippen MR) is 109 cm³/mol. The number of aryl methyl sites for hydroxylation is 1. The van der Waals surface area contributed by atoms with Crippen LogP contribution in [0.2, 0.25) is 0 Å². The van der Waals surface area contributed by atoms with E-state index in [0.717, 1.165) is 36.0 Å². The van der Waals surface area contributed by atoms with E-state index in [2.05, 4.69) is 20.2 Å². The van der Waals surface area contributed by atoms with E-state index in [1.807, 2.05) is 11.0 Å². The first kappa shape index (κ1) is 19.6. The zero-order valence-electron chi connectivity index (χ0n) is 16.1. The van der Waals surface area contributed by atoms with Crippen molar-refractivity contribution in [3.05, 3.63) is 46.7 Å². The second-order valence-electron chi connectivity index (χ2n) is 7.13. The van der Waals surface area contributed by atoms with Crippen LogP contribution in [0.4, 0.5) is 15.9 Å². The maximum Gasteiger partial charge on any atom is 0.237 e. The summed E-state index contributed by atoms with van der Waals surface area (Å²) in [6.07, 6.45) is 0.678. The van der Waals surface area contributed by atoms with Crippen molar-refractivity contribution in [2.75, 3.05) is 36.6 Å². The Morgan fingerprint density at radius 2 is 2.24 bits per heavy atom. The Labute approximate surface area is 172 Å². The van der Waals surface area contributed by atoms with E-state index in [0.29, 0.717) is 31.2 Å². The van der Waals surface area contributed by atoms with Crippen molar-refractivity contribution in [1.82, 2.24) is 19.8 Å². The fourth-order valence-electron chi connectivity index (χ4n) is 3.56. The van der Waals surface area contributed by atoms with Crippen LogP contribution in [0, 0.1) is 24.1 Å². The first-order chi connectivity index (χ1) is 14.0. The van der Waals surface area contributed by atoms with Crippen LogP contribution in [0.3, 0.4) is 0 Å². The van der Waals surface area contributed by atoms with Crippen molar-refractivity contribution in [3.8, 4) is 6.07 Å². The highest BCUT2D eigenvalue weighted by molar-refractivity contribution is 7.99. The van der Waals surface area contributed by atoms with Crippen molar-refractivity contribution >= 4 is 29.2 Å². The van der Waals surface area contributed by atoms with Gasteiger partial charge in [-0.2, -0.15) is 5.26 Å². The number of halogens is 1. The summed E-state index contributed by atoms with van der Waals surface area (Å²) in [5.74, 6) is 2.60. The number of rotatable bonds is 4. The lowest BCUT2D eigenvalue weighted by Gasteiger charge is -2.30. The molecule has 7 nitrogen and oxygen atoms in total. The fourth-order valence-corrected chi connectivity index (χ4v) is 4.53. The number of amides is 1. The number of thioether (sulfide) groups is 1. The Morgan fingerprint density at radius 3 is 2.97 bits per heavy atom. The lowest BCUT2D eigenvalue weighted by atomic mass is 10.0. The molecule has 0 atom stereocenters. The summed E-state index contributed by atoms with van der Waals surface area (Å²) in [6.45, 7) is 4.29. The molecular weight excluding hydrogens is 391 g/mol. The van der Waals surface area contributed by atoms with Gasteiger partial charge in [0.1, 0.15) is 17.5 Å². The Morgan fingerprint density at radius 1 is 1.38 bits per heavy atom. The van der Waals surface area contributed by atoms with E-state index in [4.69, 9.17) is 5.26 Å². The molecule has 0 spiro atoms. The molecule has 0 aliphatic carbocycles. The number of hydrogen-bond acceptors (Lipinski definition) is 7. The van der Waals surface area contributed by atoms with Gasteiger partial charge in [-0.3, -0.25) is 9.69 Å². The number of carbonyl (C=O) groups excluding carboxylic acids is 1. The summed E-state index contributed by atoms with van der Waals surface area (Å²) in [6, 6.07) is 6.24. The second-order valence-corrected chi connectivity index (χ2v) is 8.21. The summed E-state index contributed by atoms with van der Waals surface area (Å²) >= 11 is 1.78. The Kier molecular flexibility index (Phi) is 5.65. The summed E-state index contributed by atoms with van der Waals surface area (Å²) in [5, 5.41) is 12.0. The molecule has 0 radical (unpaired) electrons. The van der Waals surface area contributed by atoms with Crippen LogP contribution in [-0.2, 0) is 17.8 Å². The summed E-state index contributed by atoms with van der Waals surface area (Å²) in [5.41, 5.74) is 2.35. The fraction of sp³-hybridized carbons (Fsp3) is 0.400. The monoisotopic (exact) mass is 412 g/mol. The number of hydrogen-bond donors (Lipinski definition) is 1. The highest BCUT2D eigenvalue weighted by Gasteiger charge is 2.26. The Bertz CT molecular complexity index is 986. The van der Waals surface area contributed by atoms with E-state index in [9.17, 15) is 9.18 Å². The molecule has 9 heteroatoms. The molecule has 1 fully saturated rings. The van der Waals surface area contributed by atoms with Crippen LogP contribution in [0.15, 0.2) is 18.2 Å². The van der Waals surface area contributed by atoms with E-state index in [1.165, 1.54) is 6.07 Å². The number of carbonyl (C=O) groups is 1. The number of nitrogens with one attached hydrogen (secondary N) is 1. The normalized spacial score (nSPS) is 16.4. The lowest BCUT2D eigenvalue weighted by molar-refractivity contribution is -0.131. The average Bonchev–Trinajstić information content (AvgIpc) is 3.24. The molecule has 29 heavy (non-hydrogen) atoms. The van der Waals surface area contributed by atoms with Gasteiger partial charge in [-0.1, -0.05) is 0 Å². The molecule has 2 aliphatic rings. The van der Waals surface area contributed by atoms with Crippen molar-refractivity contribution in [1.29, 1.82) is 5.26 Å². The standard InChI is InChI=1S/C20H21FN6OS/c1-13-23-18-10-26(11-19(28)27-6-7-29-12-27)5-4-15(18)20(24-13)25-17-3-2-14(9-22)8-16(17)21/h2-3,8H,4-7,10-12H2,1H3,(H,23,24,25). The van der Waals surface area contributed by atoms with Crippen molar-refractivity contribution in [3.63, 3.8) is 0 Å². The smallest absolute Gasteiger partial charge is 0.237 e. The Balaban J connectivity index is 1.52. The zero-order chi connectivity index (χ0) is 20.4. The highest BCUT2D eigenvalue weighted by atomic mass is 32.2. The van der Waals surface area contributed by atoms with Crippen LogP contribution in [0.25, 0.3) is 0 Å². The molecule has 1 amide bonds. The second kappa shape index (κ2) is 8.35. The van der Waals surface area contributed by atoms with Crippen LogP contribution < -0.4 is 5.32 Å². The molecule has 2 aromatic rings. The Hall–Kier alpha value is -2.70. The highest BCUT2D eigenvalue weighted by Crippen LogP contribution is 2.28. The SMILES string of the molecule is Cc1nc2c(c(Nc3ccc(C#N)cc3F)n1)CCN(CC(=O)N1CCSC1)C2. The van der Waals surface area contributed by atoms with Gasteiger partial charge in [0.05, 0.1) is 35.4 Å². The predicted octanol–water partition coefficient (Wildman–Crippen LogP) is 2.43. The summed E-state index contributed by atoms with van der Waals surface area (Å²) in [7, 11) is 0. The molecule has 2 aliphatic heterocycles. The number of fused-ring (bicyclic) bond motifs is 1. The zero-order valence-corrected chi connectivity index (χ0v) is 16.9. The van der Waals surface area contributed by atoms with Gasteiger partial charge in [-0.25, -0.2) is 14.4 Å². The number of nitriles is 1. The topological polar surface area (TPSA) is 85.1 Å². The van der Waals surface area contributed by atoms with Gasteiger partial charge in [-0.05, 0) is 31.5 Å². The molecule has 3 heterocycles. The number of aromatic nitrogens is 2. The van der Waals surface area contributed by atoms with Crippen molar-refractivity contribution in [2.24, 2.45) is 0 Å². The minimum Gasteiger partial charge on any atom is -0.337 e. The maximum absolute atomic E-state index is 14.3. The molecule has 0 unspecified atom stereocenters. The number of anilines is 2. The molecule has 0 bridgehead atoms. The van der Waals surface area contributed by atoms with Crippen LogP contribution in [0.1, 0.15) is 22.6 Å². The van der Waals surface area contributed by atoms with Gasteiger partial charge in [-0.15, -0.1) is 11.8 Å². The van der Waals surface area contributed by atoms with E-state index >= 15 is 0 Å². The van der Waals surface area contributed by atoms with Gasteiger partial charge >= 0.3 is 0 Å². The molecule has 150 valence electrons. The van der Waals surface area contributed by atoms with Crippen molar-refractivity contribution < 1.29 is 9.18 Å². The first-order valence-electron chi connectivity index (χ1n) is 9.44. The molecule has 1 saturated heterocycles. The van der Waals surface area contributed by atoms with Gasteiger partial charge in [0.25, 0.3) is 0 Å².